The molecule has 0 radical (unpaired) electrons. The Kier molecular flexibility index (Phi) is 3.88. The Hall–Kier alpha value is -3.07. The minimum atomic E-state index is -0.177. The monoisotopic (exact) mass is 289 g/mol. The minimum Gasteiger partial charge on any atom is -0.508 e. The number of hydrogen-bond acceptors (Lipinski definition) is 2. The second kappa shape index (κ2) is 6.14. The highest BCUT2D eigenvalue weighted by atomic mass is 16.3. The van der Waals surface area contributed by atoms with Gasteiger partial charge >= 0.3 is 0 Å². The number of anilines is 1. The zero-order valence-corrected chi connectivity index (χ0v) is 11.9. The molecule has 3 nitrogen and oxygen atoms in total. The van der Waals surface area contributed by atoms with Gasteiger partial charge in [0.1, 0.15) is 5.75 Å². The molecule has 3 heteroatoms. The van der Waals surface area contributed by atoms with Crippen LogP contribution >= 0.6 is 0 Å². The Morgan fingerprint density at radius 3 is 2.14 bits per heavy atom. The molecule has 2 N–H and O–H groups in total. The molecule has 0 aliphatic rings. The van der Waals surface area contributed by atoms with Crippen molar-refractivity contribution in [3.8, 4) is 16.9 Å². The average molecular weight is 289 g/mol. The number of nitrogens with one attached hydrogen (secondary N) is 1. The smallest absolute Gasteiger partial charge is 0.255 e. The van der Waals surface area contributed by atoms with Crippen LogP contribution in [0.15, 0.2) is 78.9 Å². The van der Waals surface area contributed by atoms with Crippen LogP contribution in [0.25, 0.3) is 11.1 Å². The number of benzene rings is 3. The first-order valence-corrected chi connectivity index (χ1v) is 6.99. The Morgan fingerprint density at radius 1 is 0.818 bits per heavy atom. The lowest BCUT2D eigenvalue weighted by Gasteiger charge is -2.12. The van der Waals surface area contributed by atoms with E-state index >= 15 is 0 Å². The van der Waals surface area contributed by atoms with Gasteiger partial charge in [-0.05, 0) is 35.9 Å². The number of aromatic hydroxyl groups is 1. The van der Waals surface area contributed by atoms with E-state index in [0.717, 1.165) is 11.1 Å². The zero-order valence-electron chi connectivity index (χ0n) is 11.9. The Morgan fingerprint density at radius 2 is 1.45 bits per heavy atom. The van der Waals surface area contributed by atoms with E-state index in [1.165, 1.54) is 0 Å². The third kappa shape index (κ3) is 2.99. The fraction of sp³-hybridized carbons (Fsp3) is 0. The second-order valence-electron chi connectivity index (χ2n) is 4.92. The highest BCUT2D eigenvalue weighted by Gasteiger charge is 2.10. The number of amides is 1. The highest BCUT2D eigenvalue weighted by Crippen LogP contribution is 2.31. The molecule has 0 bridgehead atoms. The van der Waals surface area contributed by atoms with Crippen molar-refractivity contribution >= 4 is 11.6 Å². The van der Waals surface area contributed by atoms with Gasteiger partial charge in [0.15, 0.2) is 0 Å². The third-order valence-corrected chi connectivity index (χ3v) is 3.37. The highest BCUT2D eigenvalue weighted by molar-refractivity contribution is 6.06. The van der Waals surface area contributed by atoms with Crippen LogP contribution in [0.4, 0.5) is 5.69 Å². The van der Waals surface area contributed by atoms with E-state index in [1.807, 2.05) is 48.5 Å². The Labute approximate surface area is 128 Å². The predicted molar refractivity (Wildman–Crippen MR) is 87.9 cm³/mol. The van der Waals surface area contributed by atoms with Crippen LogP contribution in [0.3, 0.4) is 0 Å². The van der Waals surface area contributed by atoms with E-state index in [-0.39, 0.29) is 11.7 Å². The van der Waals surface area contributed by atoms with Crippen molar-refractivity contribution in [1.29, 1.82) is 0 Å². The molecular formula is C19H15NO2. The molecule has 0 aliphatic heterocycles. The van der Waals surface area contributed by atoms with Gasteiger partial charge in [0, 0.05) is 16.8 Å². The van der Waals surface area contributed by atoms with E-state index < -0.39 is 0 Å². The van der Waals surface area contributed by atoms with Crippen LogP contribution in [0.5, 0.6) is 5.75 Å². The fourth-order valence-corrected chi connectivity index (χ4v) is 2.28. The number of rotatable bonds is 3. The first kappa shape index (κ1) is 13.9. The number of carbonyl (C=O) groups excluding carboxylic acids is 1. The summed E-state index contributed by atoms with van der Waals surface area (Å²) in [4.78, 5) is 12.3. The van der Waals surface area contributed by atoms with Gasteiger partial charge in [-0.15, -0.1) is 0 Å². The molecule has 3 aromatic carbocycles. The van der Waals surface area contributed by atoms with Gasteiger partial charge in [0.25, 0.3) is 5.91 Å². The minimum absolute atomic E-state index is 0.163. The summed E-state index contributed by atoms with van der Waals surface area (Å²) in [5.74, 6) is -0.0139. The maximum absolute atomic E-state index is 12.3. The summed E-state index contributed by atoms with van der Waals surface area (Å²) in [5, 5.41) is 12.6. The van der Waals surface area contributed by atoms with Gasteiger partial charge in [-0.25, -0.2) is 0 Å². The molecule has 0 saturated carbocycles. The number of carbonyl (C=O) groups is 1. The molecule has 108 valence electrons. The molecule has 3 aromatic rings. The van der Waals surface area contributed by atoms with Crippen LogP contribution in [0.2, 0.25) is 0 Å². The predicted octanol–water partition coefficient (Wildman–Crippen LogP) is 4.31. The molecule has 0 unspecified atom stereocenters. The standard InChI is InChI=1S/C19H15NO2/c21-16-11-12-18(17(13-16)14-7-3-1-4-8-14)20-19(22)15-9-5-2-6-10-15/h1-13,21H,(H,20,22). The molecule has 0 saturated heterocycles. The van der Waals surface area contributed by atoms with Gasteiger partial charge < -0.3 is 10.4 Å². The van der Waals surface area contributed by atoms with Crippen molar-refractivity contribution in [3.05, 3.63) is 84.4 Å². The Balaban J connectivity index is 1.96. The third-order valence-electron chi connectivity index (χ3n) is 3.37. The van der Waals surface area contributed by atoms with Crippen molar-refractivity contribution in [2.45, 2.75) is 0 Å². The molecule has 0 heterocycles. The molecule has 3 rings (SSSR count). The molecule has 0 aliphatic carbocycles. The van der Waals surface area contributed by atoms with Crippen molar-refractivity contribution in [2.24, 2.45) is 0 Å². The summed E-state index contributed by atoms with van der Waals surface area (Å²) in [6.45, 7) is 0. The van der Waals surface area contributed by atoms with Gasteiger partial charge in [-0.2, -0.15) is 0 Å². The van der Waals surface area contributed by atoms with Crippen molar-refractivity contribution in [1.82, 2.24) is 0 Å². The summed E-state index contributed by atoms with van der Waals surface area (Å²) in [6, 6.07) is 23.6. The number of phenols is 1. The number of hydrogen-bond donors (Lipinski definition) is 2. The van der Waals surface area contributed by atoms with Crippen molar-refractivity contribution in [2.75, 3.05) is 5.32 Å². The maximum atomic E-state index is 12.3. The summed E-state index contributed by atoms with van der Waals surface area (Å²) in [6.07, 6.45) is 0. The first-order valence-electron chi connectivity index (χ1n) is 6.99. The summed E-state index contributed by atoms with van der Waals surface area (Å²) in [7, 11) is 0. The van der Waals surface area contributed by atoms with Gasteiger partial charge in [0.05, 0.1) is 0 Å². The molecule has 0 fully saturated rings. The van der Waals surface area contributed by atoms with E-state index in [0.29, 0.717) is 11.3 Å². The molecule has 0 aromatic heterocycles. The normalized spacial score (nSPS) is 10.2. The summed E-state index contributed by atoms with van der Waals surface area (Å²) >= 11 is 0. The molecule has 22 heavy (non-hydrogen) atoms. The molecule has 1 amide bonds. The lowest BCUT2D eigenvalue weighted by atomic mass is 10.0. The molecule has 0 atom stereocenters. The van der Waals surface area contributed by atoms with Gasteiger partial charge in [0.2, 0.25) is 0 Å². The van der Waals surface area contributed by atoms with E-state index in [2.05, 4.69) is 5.32 Å². The van der Waals surface area contributed by atoms with Crippen LogP contribution in [-0.4, -0.2) is 11.0 Å². The fourth-order valence-electron chi connectivity index (χ4n) is 2.28. The molecule has 0 spiro atoms. The lowest BCUT2D eigenvalue weighted by molar-refractivity contribution is 0.102. The maximum Gasteiger partial charge on any atom is 0.255 e. The topological polar surface area (TPSA) is 49.3 Å². The quantitative estimate of drug-likeness (QED) is 0.706. The van der Waals surface area contributed by atoms with Crippen molar-refractivity contribution < 1.29 is 9.90 Å². The van der Waals surface area contributed by atoms with Crippen molar-refractivity contribution in [3.63, 3.8) is 0 Å². The summed E-state index contributed by atoms with van der Waals surface area (Å²) in [5.41, 5.74) is 2.97. The second-order valence-corrected chi connectivity index (χ2v) is 4.92. The van der Waals surface area contributed by atoms with E-state index in [4.69, 9.17) is 0 Å². The number of phenolic OH excluding ortho intramolecular Hbond substituents is 1. The largest absolute Gasteiger partial charge is 0.508 e. The first-order chi connectivity index (χ1) is 10.7. The zero-order chi connectivity index (χ0) is 15.4. The van der Waals surface area contributed by atoms with Crippen LogP contribution < -0.4 is 5.32 Å². The Bertz CT molecular complexity index is 783. The van der Waals surface area contributed by atoms with Gasteiger partial charge in [-0.1, -0.05) is 48.5 Å². The van der Waals surface area contributed by atoms with Gasteiger partial charge in [-0.3, -0.25) is 4.79 Å². The summed E-state index contributed by atoms with van der Waals surface area (Å²) < 4.78 is 0. The van der Waals surface area contributed by atoms with E-state index in [9.17, 15) is 9.90 Å². The van der Waals surface area contributed by atoms with Crippen LogP contribution in [0, 0.1) is 0 Å². The van der Waals surface area contributed by atoms with E-state index in [1.54, 1.807) is 30.3 Å². The van der Waals surface area contributed by atoms with Crippen LogP contribution in [-0.2, 0) is 0 Å². The van der Waals surface area contributed by atoms with Crippen LogP contribution in [0.1, 0.15) is 10.4 Å². The SMILES string of the molecule is O=C(Nc1ccc(O)cc1-c1ccccc1)c1ccccc1. The average Bonchev–Trinajstić information content (AvgIpc) is 2.58. The lowest BCUT2D eigenvalue weighted by Crippen LogP contribution is -2.12. The molecular weight excluding hydrogens is 274 g/mol.